The van der Waals surface area contributed by atoms with Crippen LogP contribution < -0.4 is 4.74 Å². The fourth-order valence-electron chi connectivity index (χ4n) is 2.64. The lowest BCUT2D eigenvalue weighted by Crippen LogP contribution is -2.09. The zero-order valence-electron chi connectivity index (χ0n) is 12.7. The number of carbonyl (C=O) groups excluding carboxylic acids is 1. The van der Waals surface area contributed by atoms with Crippen molar-refractivity contribution in [3.05, 3.63) is 77.9 Å². The SMILES string of the molecule is COc1ccc(C(C)C(=O)c2ccc3ccccc3c2)cc1. The molecule has 22 heavy (non-hydrogen) atoms. The highest BCUT2D eigenvalue weighted by atomic mass is 16.5. The smallest absolute Gasteiger partial charge is 0.170 e. The van der Waals surface area contributed by atoms with Crippen molar-refractivity contribution < 1.29 is 9.53 Å². The minimum atomic E-state index is -0.174. The minimum Gasteiger partial charge on any atom is -0.497 e. The topological polar surface area (TPSA) is 26.3 Å². The highest BCUT2D eigenvalue weighted by Gasteiger charge is 2.17. The Kier molecular flexibility index (Phi) is 3.92. The highest BCUT2D eigenvalue weighted by Crippen LogP contribution is 2.24. The van der Waals surface area contributed by atoms with Crippen molar-refractivity contribution in [1.29, 1.82) is 0 Å². The fourth-order valence-corrected chi connectivity index (χ4v) is 2.64. The summed E-state index contributed by atoms with van der Waals surface area (Å²) in [5, 5.41) is 2.24. The first-order valence-electron chi connectivity index (χ1n) is 7.36. The van der Waals surface area contributed by atoms with Crippen molar-refractivity contribution >= 4 is 16.6 Å². The van der Waals surface area contributed by atoms with Crippen LogP contribution in [0.25, 0.3) is 10.8 Å². The van der Waals surface area contributed by atoms with E-state index in [2.05, 4.69) is 6.07 Å². The molecule has 0 amide bonds. The van der Waals surface area contributed by atoms with Gasteiger partial charge in [-0.15, -0.1) is 0 Å². The van der Waals surface area contributed by atoms with Gasteiger partial charge in [0.15, 0.2) is 5.78 Å². The van der Waals surface area contributed by atoms with Gasteiger partial charge in [-0.05, 0) is 34.5 Å². The zero-order valence-corrected chi connectivity index (χ0v) is 12.7. The molecular weight excluding hydrogens is 272 g/mol. The predicted molar refractivity (Wildman–Crippen MR) is 89.7 cm³/mol. The molecule has 0 radical (unpaired) electrons. The van der Waals surface area contributed by atoms with Crippen LogP contribution in [0, 0.1) is 0 Å². The standard InChI is InChI=1S/C20H18O2/c1-14(15-9-11-19(22-2)12-10-15)20(21)18-8-7-16-5-3-4-6-17(16)13-18/h3-14H,1-2H3. The monoisotopic (exact) mass is 290 g/mol. The summed E-state index contributed by atoms with van der Waals surface area (Å²) in [6.07, 6.45) is 0. The van der Waals surface area contributed by atoms with Gasteiger partial charge in [0, 0.05) is 11.5 Å². The lowest BCUT2D eigenvalue weighted by atomic mass is 9.91. The third-order valence-electron chi connectivity index (χ3n) is 4.04. The maximum absolute atomic E-state index is 12.7. The maximum Gasteiger partial charge on any atom is 0.170 e. The molecule has 0 saturated heterocycles. The van der Waals surface area contributed by atoms with E-state index in [1.807, 2.05) is 67.6 Å². The van der Waals surface area contributed by atoms with Crippen molar-refractivity contribution in [2.45, 2.75) is 12.8 Å². The van der Waals surface area contributed by atoms with Crippen LogP contribution in [0.5, 0.6) is 5.75 Å². The van der Waals surface area contributed by atoms with Crippen molar-refractivity contribution in [2.24, 2.45) is 0 Å². The summed E-state index contributed by atoms with van der Waals surface area (Å²) in [5.41, 5.74) is 1.75. The fraction of sp³-hybridized carbons (Fsp3) is 0.150. The van der Waals surface area contributed by atoms with Crippen molar-refractivity contribution in [3.63, 3.8) is 0 Å². The summed E-state index contributed by atoms with van der Waals surface area (Å²) < 4.78 is 5.16. The van der Waals surface area contributed by atoms with Gasteiger partial charge in [-0.2, -0.15) is 0 Å². The second-order valence-corrected chi connectivity index (χ2v) is 5.42. The van der Waals surface area contributed by atoms with Crippen LogP contribution in [0.1, 0.15) is 28.8 Å². The van der Waals surface area contributed by atoms with Gasteiger partial charge in [-0.25, -0.2) is 0 Å². The largest absolute Gasteiger partial charge is 0.497 e. The van der Waals surface area contributed by atoms with Gasteiger partial charge in [-0.1, -0.05) is 55.5 Å². The molecule has 0 aromatic heterocycles. The lowest BCUT2D eigenvalue weighted by molar-refractivity contribution is 0.0966. The second kappa shape index (κ2) is 6.02. The van der Waals surface area contributed by atoms with E-state index in [4.69, 9.17) is 4.74 Å². The van der Waals surface area contributed by atoms with Gasteiger partial charge in [0.05, 0.1) is 7.11 Å². The van der Waals surface area contributed by atoms with Gasteiger partial charge in [0.1, 0.15) is 5.75 Å². The summed E-state index contributed by atoms with van der Waals surface area (Å²) in [4.78, 5) is 12.7. The molecule has 0 saturated carbocycles. The Labute approximate surface area is 130 Å². The van der Waals surface area contributed by atoms with E-state index in [9.17, 15) is 4.79 Å². The predicted octanol–water partition coefficient (Wildman–Crippen LogP) is 4.83. The molecule has 0 aliphatic carbocycles. The van der Waals surface area contributed by atoms with E-state index in [1.54, 1.807) is 7.11 Å². The minimum absolute atomic E-state index is 0.135. The van der Waals surface area contributed by atoms with Gasteiger partial charge < -0.3 is 4.74 Å². The van der Waals surface area contributed by atoms with Gasteiger partial charge in [0.2, 0.25) is 0 Å². The first-order chi connectivity index (χ1) is 10.7. The van der Waals surface area contributed by atoms with E-state index in [1.165, 1.54) is 0 Å². The molecule has 2 nitrogen and oxygen atoms in total. The molecule has 1 unspecified atom stereocenters. The number of hydrogen-bond acceptors (Lipinski definition) is 2. The Hall–Kier alpha value is -2.61. The summed E-state index contributed by atoms with van der Waals surface area (Å²) in [7, 11) is 1.64. The summed E-state index contributed by atoms with van der Waals surface area (Å²) in [5.74, 6) is 0.761. The van der Waals surface area contributed by atoms with E-state index >= 15 is 0 Å². The summed E-state index contributed by atoms with van der Waals surface area (Å²) >= 11 is 0. The molecule has 1 atom stereocenters. The molecule has 0 fully saturated rings. The Balaban J connectivity index is 1.90. The Morgan fingerprint density at radius 3 is 2.27 bits per heavy atom. The number of methoxy groups -OCH3 is 1. The van der Waals surface area contributed by atoms with Gasteiger partial charge >= 0.3 is 0 Å². The molecule has 3 aromatic carbocycles. The van der Waals surface area contributed by atoms with E-state index in [0.717, 1.165) is 27.6 Å². The molecule has 0 N–H and O–H groups in total. The first kappa shape index (κ1) is 14.3. The van der Waals surface area contributed by atoms with Crippen LogP contribution in [-0.2, 0) is 0 Å². The molecule has 2 heteroatoms. The first-order valence-corrected chi connectivity index (χ1v) is 7.36. The molecule has 0 bridgehead atoms. The molecule has 3 aromatic rings. The van der Waals surface area contributed by atoms with Crippen LogP contribution in [0.4, 0.5) is 0 Å². The van der Waals surface area contributed by atoms with Gasteiger partial charge in [0.25, 0.3) is 0 Å². The second-order valence-electron chi connectivity index (χ2n) is 5.42. The van der Waals surface area contributed by atoms with Crippen molar-refractivity contribution in [2.75, 3.05) is 7.11 Å². The third kappa shape index (κ3) is 2.73. The number of carbonyl (C=O) groups is 1. The Morgan fingerprint density at radius 2 is 1.59 bits per heavy atom. The molecular formula is C20H18O2. The van der Waals surface area contributed by atoms with E-state index < -0.39 is 0 Å². The third-order valence-corrected chi connectivity index (χ3v) is 4.04. The average molecular weight is 290 g/mol. The van der Waals surface area contributed by atoms with Crippen LogP contribution >= 0.6 is 0 Å². The molecule has 3 rings (SSSR count). The summed E-state index contributed by atoms with van der Waals surface area (Å²) in [6, 6.07) is 21.6. The van der Waals surface area contributed by atoms with Crippen LogP contribution in [0.2, 0.25) is 0 Å². The lowest BCUT2D eigenvalue weighted by Gasteiger charge is -2.12. The quantitative estimate of drug-likeness (QED) is 0.643. The number of benzene rings is 3. The van der Waals surface area contributed by atoms with E-state index in [-0.39, 0.29) is 11.7 Å². The number of ketones is 1. The normalized spacial score (nSPS) is 12.1. The van der Waals surface area contributed by atoms with Crippen LogP contribution in [-0.4, -0.2) is 12.9 Å². The molecule has 0 spiro atoms. The maximum atomic E-state index is 12.7. The highest BCUT2D eigenvalue weighted by molar-refractivity contribution is 6.03. The van der Waals surface area contributed by atoms with Crippen molar-refractivity contribution in [3.8, 4) is 5.75 Å². The van der Waals surface area contributed by atoms with Crippen LogP contribution in [0.3, 0.4) is 0 Å². The average Bonchev–Trinajstić information content (AvgIpc) is 2.60. The number of ether oxygens (including phenoxy) is 1. The van der Waals surface area contributed by atoms with Crippen molar-refractivity contribution in [1.82, 2.24) is 0 Å². The van der Waals surface area contributed by atoms with Crippen LogP contribution in [0.15, 0.2) is 66.7 Å². The Bertz CT molecular complexity index is 803. The number of fused-ring (bicyclic) bond motifs is 1. The molecule has 110 valence electrons. The number of Topliss-reactive ketones (excluding diaryl/α,β-unsaturated/α-hetero) is 1. The zero-order chi connectivity index (χ0) is 15.5. The number of rotatable bonds is 4. The Morgan fingerprint density at radius 1 is 0.909 bits per heavy atom. The molecule has 0 aliphatic rings. The van der Waals surface area contributed by atoms with Gasteiger partial charge in [-0.3, -0.25) is 4.79 Å². The number of hydrogen-bond donors (Lipinski definition) is 0. The molecule has 0 aliphatic heterocycles. The molecule has 0 heterocycles. The van der Waals surface area contributed by atoms with E-state index in [0.29, 0.717) is 0 Å². The summed E-state index contributed by atoms with van der Waals surface area (Å²) in [6.45, 7) is 1.94.